The summed E-state index contributed by atoms with van der Waals surface area (Å²) in [6, 6.07) is 8.56. The molecule has 0 radical (unpaired) electrons. The van der Waals surface area contributed by atoms with Crippen molar-refractivity contribution in [3.05, 3.63) is 47.7 Å². The van der Waals surface area contributed by atoms with Gasteiger partial charge in [-0.2, -0.15) is 0 Å². The number of hydrogen-bond donors (Lipinski definition) is 2. The molecule has 4 heteroatoms. The van der Waals surface area contributed by atoms with E-state index in [9.17, 15) is 4.79 Å². The van der Waals surface area contributed by atoms with Gasteiger partial charge in [-0.1, -0.05) is 0 Å². The van der Waals surface area contributed by atoms with Crippen LogP contribution in [0.2, 0.25) is 0 Å². The van der Waals surface area contributed by atoms with Crippen LogP contribution in [-0.4, -0.2) is 5.91 Å². The van der Waals surface area contributed by atoms with Crippen LogP contribution >= 0.6 is 0 Å². The van der Waals surface area contributed by atoms with Crippen LogP contribution in [-0.2, 0) is 0 Å². The Morgan fingerprint density at radius 2 is 2.19 bits per heavy atom. The molecule has 16 heavy (non-hydrogen) atoms. The van der Waals surface area contributed by atoms with Crippen molar-refractivity contribution >= 4 is 17.5 Å². The second-order valence-corrected chi connectivity index (χ2v) is 3.51. The van der Waals surface area contributed by atoms with Crippen molar-refractivity contribution in [2.75, 3.05) is 11.1 Å². The summed E-state index contributed by atoms with van der Waals surface area (Å²) in [7, 11) is 0. The highest BCUT2D eigenvalue weighted by Crippen LogP contribution is 2.15. The number of aryl methyl sites for hydroxylation is 1. The summed E-state index contributed by atoms with van der Waals surface area (Å²) in [6.45, 7) is 1.84. The zero-order chi connectivity index (χ0) is 11.5. The molecule has 0 spiro atoms. The fourth-order valence-electron chi connectivity index (χ4n) is 1.47. The van der Waals surface area contributed by atoms with Gasteiger partial charge in [0.2, 0.25) is 0 Å². The summed E-state index contributed by atoms with van der Waals surface area (Å²) in [6.07, 6.45) is 1.51. The lowest BCUT2D eigenvalue weighted by atomic mass is 10.1. The Hall–Kier alpha value is -2.23. The largest absolute Gasteiger partial charge is 0.449 e. The molecule has 82 valence electrons. The average Bonchev–Trinajstić information content (AvgIpc) is 2.70. The highest BCUT2D eigenvalue weighted by Gasteiger charge is 2.10. The molecule has 0 saturated carbocycles. The average molecular weight is 216 g/mol. The van der Waals surface area contributed by atoms with Crippen LogP contribution in [0.5, 0.6) is 0 Å². The summed E-state index contributed by atoms with van der Waals surface area (Å²) >= 11 is 0. The molecule has 2 rings (SSSR count). The van der Waals surface area contributed by atoms with E-state index in [0.717, 1.165) is 5.56 Å². The van der Waals surface area contributed by atoms with Crippen LogP contribution in [0.4, 0.5) is 11.6 Å². The van der Waals surface area contributed by atoms with Gasteiger partial charge < -0.3 is 10.2 Å². The minimum absolute atomic E-state index is 0.201. The number of nitrogen functional groups attached to an aromatic ring is 1. The number of amides is 1. The van der Waals surface area contributed by atoms with E-state index in [4.69, 9.17) is 10.2 Å². The van der Waals surface area contributed by atoms with Crippen LogP contribution in [0, 0.1) is 6.92 Å². The normalized spacial score (nSPS) is 10.1. The standard InChI is InChI=1S/C12H12N2O2/c1-8-7-9(13)4-5-10(8)12(15)14-11-3-2-6-16-11/h2-7H,13H2,1H3,(H,14,15). The molecular formula is C12H12N2O2. The van der Waals surface area contributed by atoms with Gasteiger partial charge in [-0.05, 0) is 36.8 Å². The zero-order valence-electron chi connectivity index (χ0n) is 8.86. The number of anilines is 2. The smallest absolute Gasteiger partial charge is 0.258 e. The highest BCUT2D eigenvalue weighted by atomic mass is 16.3. The number of carbonyl (C=O) groups excluding carboxylic acids is 1. The Morgan fingerprint density at radius 3 is 2.81 bits per heavy atom. The molecule has 0 bridgehead atoms. The fourth-order valence-corrected chi connectivity index (χ4v) is 1.47. The number of carbonyl (C=O) groups is 1. The summed E-state index contributed by atoms with van der Waals surface area (Å²) in [4.78, 5) is 11.8. The van der Waals surface area contributed by atoms with Crippen LogP contribution in [0.3, 0.4) is 0 Å². The van der Waals surface area contributed by atoms with Gasteiger partial charge in [-0.15, -0.1) is 0 Å². The van der Waals surface area contributed by atoms with Crippen molar-refractivity contribution in [3.63, 3.8) is 0 Å². The minimum atomic E-state index is -0.201. The van der Waals surface area contributed by atoms with Gasteiger partial charge in [-0.25, -0.2) is 0 Å². The predicted molar refractivity (Wildman–Crippen MR) is 62.3 cm³/mol. The molecule has 0 atom stereocenters. The van der Waals surface area contributed by atoms with E-state index in [2.05, 4.69) is 5.32 Å². The van der Waals surface area contributed by atoms with Crippen molar-refractivity contribution in [2.24, 2.45) is 0 Å². The lowest BCUT2D eigenvalue weighted by Crippen LogP contribution is -2.12. The molecule has 0 aliphatic heterocycles. The lowest BCUT2D eigenvalue weighted by molar-refractivity contribution is 0.102. The third-order valence-corrected chi connectivity index (χ3v) is 2.25. The molecule has 0 saturated heterocycles. The Bertz CT molecular complexity index is 504. The Morgan fingerprint density at radius 1 is 1.38 bits per heavy atom. The van der Waals surface area contributed by atoms with Crippen molar-refractivity contribution in [3.8, 4) is 0 Å². The number of rotatable bonds is 2. The monoisotopic (exact) mass is 216 g/mol. The maximum Gasteiger partial charge on any atom is 0.258 e. The van der Waals surface area contributed by atoms with Gasteiger partial charge in [0.15, 0.2) is 5.88 Å². The molecule has 1 heterocycles. The van der Waals surface area contributed by atoms with E-state index < -0.39 is 0 Å². The number of hydrogen-bond acceptors (Lipinski definition) is 3. The van der Waals surface area contributed by atoms with Gasteiger partial charge in [0, 0.05) is 17.3 Å². The second-order valence-electron chi connectivity index (χ2n) is 3.51. The molecule has 0 aliphatic carbocycles. The summed E-state index contributed by atoms with van der Waals surface area (Å²) < 4.78 is 5.03. The van der Waals surface area contributed by atoms with E-state index in [1.165, 1.54) is 6.26 Å². The maximum absolute atomic E-state index is 11.8. The van der Waals surface area contributed by atoms with Crippen LogP contribution in [0.25, 0.3) is 0 Å². The van der Waals surface area contributed by atoms with E-state index in [1.807, 2.05) is 6.92 Å². The summed E-state index contributed by atoms with van der Waals surface area (Å²) in [5, 5.41) is 2.65. The topological polar surface area (TPSA) is 68.3 Å². The highest BCUT2D eigenvalue weighted by molar-refractivity contribution is 6.04. The van der Waals surface area contributed by atoms with Gasteiger partial charge in [-0.3, -0.25) is 10.1 Å². The van der Waals surface area contributed by atoms with Crippen molar-refractivity contribution in [1.82, 2.24) is 0 Å². The number of furan rings is 1. The third kappa shape index (κ3) is 2.06. The third-order valence-electron chi connectivity index (χ3n) is 2.25. The van der Waals surface area contributed by atoms with Crippen molar-refractivity contribution in [1.29, 1.82) is 0 Å². The van der Waals surface area contributed by atoms with Gasteiger partial charge in [0.25, 0.3) is 5.91 Å². The molecule has 1 aromatic carbocycles. The molecule has 1 amide bonds. The SMILES string of the molecule is Cc1cc(N)ccc1C(=O)Nc1ccco1. The summed E-state index contributed by atoms with van der Waals surface area (Å²) in [5.41, 5.74) is 7.68. The number of nitrogens with two attached hydrogens (primary N) is 1. The maximum atomic E-state index is 11.8. The first-order valence-corrected chi connectivity index (χ1v) is 4.88. The quantitative estimate of drug-likeness (QED) is 0.757. The second kappa shape index (κ2) is 4.10. The first-order valence-electron chi connectivity index (χ1n) is 4.88. The number of benzene rings is 1. The molecule has 2 aromatic rings. The zero-order valence-corrected chi connectivity index (χ0v) is 8.86. The van der Waals surface area contributed by atoms with Gasteiger partial charge in [0.1, 0.15) is 0 Å². The molecule has 0 aliphatic rings. The molecule has 4 nitrogen and oxygen atoms in total. The molecule has 1 aromatic heterocycles. The Balaban J connectivity index is 2.21. The van der Waals surface area contributed by atoms with Crippen molar-refractivity contribution in [2.45, 2.75) is 6.92 Å². The summed E-state index contributed by atoms with van der Waals surface area (Å²) in [5.74, 6) is 0.230. The fraction of sp³-hybridized carbons (Fsp3) is 0.0833. The van der Waals surface area contributed by atoms with Gasteiger partial charge in [0.05, 0.1) is 6.26 Å². The molecule has 0 unspecified atom stereocenters. The van der Waals surface area contributed by atoms with E-state index >= 15 is 0 Å². The molecular weight excluding hydrogens is 204 g/mol. The van der Waals surface area contributed by atoms with E-state index in [1.54, 1.807) is 30.3 Å². The lowest BCUT2D eigenvalue weighted by Gasteiger charge is -2.06. The molecule has 0 fully saturated rings. The van der Waals surface area contributed by atoms with Crippen LogP contribution in [0.15, 0.2) is 41.0 Å². The first-order chi connectivity index (χ1) is 7.66. The van der Waals surface area contributed by atoms with Crippen molar-refractivity contribution < 1.29 is 9.21 Å². The van der Waals surface area contributed by atoms with Crippen LogP contribution < -0.4 is 11.1 Å². The van der Waals surface area contributed by atoms with Gasteiger partial charge >= 0.3 is 0 Å². The van der Waals surface area contributed by atoms with E-state index in [0.29, 0.717) is 17.1 Å². The molecule has 3 N–H and O–H groups in total. The predicted octanol–water partition coefficient (Wildman–Crippen LogP) is 2.42. The van der Waals surface area contributed by atoms with Crippen LogP contribution in [0.1, 0.15) is 15.9 Å². The van der Waals surface area contributed by atoms with E-state index in [-0.39, 0.29) is 5.91 Å². The Labute approximate surface area is 93.1 Å². The minimum Gasteiger partial charge on any atom is -0.449 e. The Kier molecular flexibility index (Phi) is 2.64. The first kappa shape index (κ1) is 10.3. The number of nitrogens with one attached hydrogen (secondary N) is 1.